The maximum absolute atomic E-state index is 12.4. The zero-order chi connectivity index (χ0) is 22.3. The quantitative estimate of drug-likeness (QED) is 0.403. The largest absolute Gasteiger partial charge is 0.397 e. The number of anilines is 3. The lowest BCUT2D eigenvalue weighted by atomic mass is 10.1. The fourth-order valence-electron chi connectivity index (χ4n) is 2.98. The first-order valence-corrected chi connectivity index (χ1v) is 9.80. The highest BCUT2D eigenvalue weighted by molar-refractivity contribution is 6.05. The zero-order valence-corrected chi connectivity index (χ0v) is 17.0. The smallest absolute Gasteiger partial charge is 0.255 e. The first-order valence-electron chi connectivity index (χ1n) is 9.80. The molecule has 156 valence electrons. The number of pyridine rings is 1. The van der Waals surface area contributed by atoms with E-state index in [1.165, 1.54) is 0 Å². The second-order valence-corrected chi connectivity index (χ2v) is 6.90. The Kier molecular flexibility index (Phi) is 6.00. The van der Waals surface area contributed by atoms with E-state index >= 15 is 0 Å². The number of nitrogen functional groups attached to an aromatic ring is 1. The van der Waals surface area contributed by atoms with E-state index in [4.69, 9.17) is 11.0 Å². The fourth-order valence-corrected chi connectivity index (χ4v) is 2.98. The minimum absolute atomic E-state index is 0.227. The molecule has 0 atom stereocenters. The maximum Gasteiger partial charge on any atom is 0.255 e. The summed E-state index contributed by atoms with van der Waals surface area (Å²) >= 11 is 0. The number of amides is 1. The van der Waals surface area contributed by atoms with Gasteiger partial charge in [0.2, 0.25) is 5.95 Å². The summed E-state index contributed by atoms with van der Waals surface area (Å²) in [7, 11) is 0. The van der Waals surface area contributed by atoms with Crippen LogP contribution in [-0.2, 0) is 6.54 Å². The van der Waals surface area contributed by atoms with Crippen molar-refractivity contribution in [3.8, 4) is 17.3 Å². The highest BCUT2D eigenvalue weighted by Crippen LogP contribution is 2.19. The molecule has 4 rings (SSSR count). The minimum atomic E-state index is -0.227. The van der Waals surface area contributed by atoms with Gasteiger partial charge in [0.1, 0.15) is 11.8 Å². The lowest BCUT2D eigenvalue weighted by molar-refractivity contribution is 0.102. The summed E-state index contributed by atoms with van der Waals surface area (Å²) < 4.78 is 0. The van der Waals surface area contributed by atoms with Crippen LogP contribution in [0.1, 0.15) is 21.6 Å². The molecule has 0 aliphatic carbocycles. The van der Waals surface area contributed by atoms with Gasteiger partial charge in [0.15, 0.2) is 0 Å². The number of hydrogen-bond donors (Lipinski definition) is 3. The topological polar surface area (TPSA) is 130 Å². The molecule has 8 nitrogen and oxygen atoms in total. The summed E-state index contributed by atoms with van der Waals surface area (Å²) in [4.78, 5) is 25.3. The Morgan fingerprint density at radius 3 is 2.53 bits per heavy atom. The number of nitrogens with zero attached hydrogens (tertiary/aromatic N) is 4. The molecule has 4 N–H and O–H groups in total. The van der Waals surface area contributed by atoms with E-state index in [0.29, 0.717) is 40.8 Å². The highest BCUT2D eigenvalue weighted by atomic mass is 16.1. The summed E-state index contributed by atoms with van der Waals surface area (Å²) in [5.41, 5.74) is 10.3. The average molecular weight is 421 g/mol. The molecular formula is C24H19N7O. The van der Waals surface area contributed by atoms with Crippen LogP contribution in [0.5, 0.6) is 0 Å². The summed E-state index contributed by atoms with van der Waals surface area (Å²) in [6.45, 7) is 0.489. The van der Waals surface area contributed by atoms with Crippen molar-refractivity contribution < 1.29 is 4.79 Å². The maximum atomic E-state index is 12.4. The van der Waals surface area contributed by atoms with E-state index in [9.17, 15) is 4.79 Å². The number of carbonyl (C=O) groups excluding carboxylic acids is 1. The molecule has 0 saturated carbocycles. The van der Waals surface area contributed by atoms with Crippen molar-refractivity contribution in [2.75, 3.05) is 16.4 Å². The molecule has 0 aliphatic rings. The number of rotatable bonds is 6. The Bertz CT molecular complexity index is 1280. The van der Waals surface area contributed by atoms with Crippen LogP contribution in [-0.4, -0.2) is 20.9 Å². The third-order valence-electron chi connectivity index (χ3n) is 4.71. The number of hydrogen-bond acceptors (Lipinski definition) is 7. The predicted molar refractivity (Wildman–Crippen MR) is 123 cm³/mol. The summed E-state index contributed by atoms with van der Waals surface area (Å²) in [5.74, 6) is 0.239. The highest BCUT2D eigenvalue weighted by Gasteiger charge is 2.08. The summed E-state index contributed by atoms with van der Waals surface area (Å²) in [6, 6.07) is 21.6. The lowest BCUT2D eigenvalue weighted by Gasteiger charge is -2.09. The second-order valence-electron chi connectivity index (χ2n) is 6.90. The number of nitrogens with two attached hydrogens (primary N) is 1. The number of benzene rings is 2. The van der Waals surface area contributed by atoms with Crippen molar-refractivity contribution in [1.29, 1.82) is 5.26 Å². The van der Waals surface area contributed by atoms with Crippen molar-refractivity contribution in [3.63, 3.8) is 0 Å². The normalized spacial score (nSPS) is 10.2. The Hall–Kier alpha value is -4.77. The molecule has 32 heavy (non-hydrogen) atoms. The SMILES string of the molecule is N#Cc1ccc(-c2ccnc(NCc3ccc(C(=O)Nc4ccccc4N)cc3)n2)cn1. The molecule has 0 unspecified atom stereocenters. The van der Waals surface area contributed by atoms with E-state index in [1.807, 2.05) is 30.3 Å². The van der Waals surface area contributed by atoms with Gasteiger partial charge >= 0.3 is 0 Å². The van der Waals surface area contributed by atoms with E-state index in [0.717, 1.165) is 11.1 Å². The molecule has 2 aromatic heterocycles. The monoisotopic (exact) mass is 421 g/mol. The van der Waals surface area contributed by atoms with Crippen molar-refractivity contribution >= 4 is 23.2 Å². The van der Waals surface area contributed by atoms with Gasteiger partial charge in [-0.15, -0.1) is 0 Å². The first kappa shape index (κ1) is 20.5. The molecule has 0 bridgehead atoms. The van der Waals surface area contributed by atoms with Gasteiger partial charge in [0.25, 0.3) is 5.91 Å². The van der Waals surface area contributed by atoms with Crippen molar-refractivity contribution in [1.82, 2.24) is 15.0 Å². The lowest BCUT2D eigenvalue weighted by Crippen LogP contribution is -2.13. The first-order chi connectivity index (χ1) is 15.6. The molecule has 0 radical (unpaired) electrons. The number of aromatic nitrogens is 3. The van der Waals surface area contributed by atoms with Crippen LogP contribution in [0.25, 0.3) is 11.3 Å². The number of carbonyl (C=O) groups is 1. The molecule has 0 saturated heterocycles. The third-order valence-corrected chi connectivity index (χ3v) is 4.71. The minimum Gasteiger partial charge on any atom is -0.397 e. The van der Waals surface area contributed by atoms with Crippen molar-refractivity contribution in [2.24, 2.45) is 0 Å². The van der Waals surface area contributed by atoms with E-state index in [-0.39, 0.29) is 5.91 Å². The molecule has 2 heterocycles. The van der Waals surface area contributed by atoms with E-state index in [2.05, 4.69) is 25.6 Å². The van der Waals surface area contributed by atoms with Crippen molar-refractivity contribution in [3.05, 3.63) is 95.9 Å². The van der Waals surface area contributed by atoms with Gasteiger partial charge in [-0.1, -0.05) is 24.3 Å². The molecular weight excluding hydrogens is 402 g/mol. The Morgan fingerprint density at radius 2 is 1.81 bits per heavy atom. The average Bonchev–Trinajstić information content (AvgIpc) is 2.85. The van der Waals surface area contributed by atoms with Gasteiger partial charge in [-0.05, 0) is 48.0 Å². The molecule has 1 amide bonds. The third kappa shape index (κ3) is 4.86. The van der Waals surface area contributed by atoms with Crippen LogP contribution < -0.4 is 16.4 Å². The molecule has 4 aromatic rings. The van der Waals surface area contributed by atoms with Gasteiger partial charge in [-0.3, -0.25) is 4.79 Å². The van der Waals surface area contributed by atoms with Gasteiger partial charge in [-0.2, -0.15) is 5.26 Å². The number of nitrogens with one attached hydrogen (secondary N) is 2. The van der Waals surface area contributed by atoms with Gasteiger partial charge in [0.05, 0.1) is 17.1 Å². The van der Waals surface area contributed by atoms with Gasteiger partial charge in [-0.25, -0.2) is 15.0 Å². The summed E-state index contributed by atoms with van der Waals surface area (Å²) in [6.07, 6.45) is 3.27. The molecule has 8 heteroatoms. The van der Waals surface area contributed by atoms with Crippen LogP contribution in [0, 0.1) is 11.3 Å². The van der Waals surface area contributed by atoms with Crippen LogP contribution in [0.15, 0.2) is 79.1 Å². The Labute approximate surface area is 184 Å². The molecule has 0 spiro atoms. The number of para-hydroxylation sites is 2. The Morgan fingerprint density at radius 1 is 1.00 bits per heavy atom. The molecule has 0 fully saturated rings. The number of nitriles is 1. The summed E-state index contributed by atoms with van der Waals surface area (Å²) in [5, 5.41) is 14.9. The fraction of sp³-hybridized carbons (Fsp3) is 0.0417. The van der Waals surface area contributed by atoms with E-state index < -0.39 is 0 Å². The van der Waals surface area contributed by atoms with Gasteiger partial charge in [0, 0.05) is 30.1 Å². The Balaban J connectivity index is 1.38. The molecule has 0 aliphatic heterocycles. The predicted octanol–water partition coefficient (Wildman–Crippen LogP) is 3.86. The van der Waals surface area contributed by atoms with Gasteiger partial charge < -0.3 is 16.4 Å². The van der Waals surface area contributed by atoms with Crippen LogP contribution in [0.2, 0.25) is 0 Å². The second kappa shape index (κ2) is 9.36. The van der Waals surface area contributed by atoms with Crippen LogP contribution in [0.3, 0.4) is 0 Å². The molecule has 2 aromatic carbocycles. The van der Waals surface area contributed by atoms with Crippen molar-refractivity contribution in [2.45, 2.75) is 6.54 Å². The zero-order valence-electron chi connectivity index (χ0n) is 17.0. The van der Waals surface area contributed by atoms with Crippen LogP contribution in [0.4, 0.5) is 17.3 Å². The van der Waals surface area contributed by atoms with Crippen LogP contribution >= 0.6 is 0 Å². The standard InChI is InChI=1S/C24H19N7O/c25-13-19-10-9-18(15-28-19)21-11-12-27-24(31-21)29-14-16-5-7-17(8-6-16)23(32)30-22-4-2-1-3-20(22)26/h1-12,15H,14,26H2,(H,30,32)(H,27,29,31). The van der Waals surface area contributed by atoms with E-state index in [1.54, 1.807) is 54.9 Å².